The molecule has 0 aromatic heterocycles. The Balaban J connectivity index is 1.86. The molecule has 0 radical (unpaired) electrons. The smallest absolute Gasteiger partial charge is 0.194 e. The zero-order chi connectivity index (χ0) is 12.3. The van der Waals surface area contributed by atoms with Gasteiger partial charge in [-0.3, -0.25) is 0 Å². The van der Waals surface area contributed by atoms with Gasteiger partial charge in [0.05, 0.1) is 6.10 Å². The van der Waals surface area contributed by atoms with Crippen LogP contribution >= 0.6 is 0 Å². The number of hydrogen-bond acceptors (Lipinski definition) is 2. The van der Waals surface area contributed by atoms with Crippen LogP contribution in [0.3, 0.4) is 0 Å². The molecule has 0 saturated carbocycles. The molecule has 1 unspecified atom stereocenters. The fourth-order valence-electron chi connectivity index (χ4n) is 1.89. The number of halogens is 3. The first-order valence-electron chi connectivity index (χ1n) is 5.62. The van der Waals surface area contributed by atoms with E-state index in [4.69, 9.17) is 4.74 Å². The van der Waals surface area contributed by atoms with Gasteiger partial charge in [-0.05, 0) is 30.5 Å². The van der Waals surface area contributed by atoms with Crippen LogP contribution in [0.5, 0.6) is 0 Å². The van der Waals surface area contributed by atoms with Gasteiger partial charge in [-0.25, -0.2) is 13.2 Å². The summed E-state index contributed by atoms with van der Waals surface area (Å²) in [7, 11) is 0. The summed E-state index contributed by atoms with van der Waals surface area (Å²) < 4.78 is 43.9. The predicted octanol–water partition coefficient (Wildman–Crippen LogP) is 2.37. The average Bonchev–Trinajstić information content (AvgIpc) is 2.79. The van der Waals surface area contributed by atoms with E-state index < -0.39 is 17.5 Å². The first-order chi connectivity index (χ1) is 8.16. The Labute approximate surface area is 97.8 Å². The molecule has 5 heteroatoms. The van der Waals surface area contributed by atoms with E-state index in [0.29, 0.717) is 18.7 Å². The molecule has 1 aliphatic rings. The van der Waals surface area contributed by atoms with Gasteiger partial charge in [0.25, 0.3) is 0 Å². The van der Waals surface area contributed by atoms with Crippen molar-refractivity contribution in [2.24, 2.45) is 0 Å². The van der Waals surface area contributed by atoms with E-state index in [1.807, 2.05) is 0 Å². The molecule has 2 nitrogen and oxygen atoms in total. The van der Waals surface area contributed by atoms with Gasteiger partial charge >= 0.3 is 0 Å². The van der Waals surface area contributed by atoms with E-state index in [1.54, 1.807) is 0 Å². The third-order valence-corrected chi connectivity index (χ3v) is 2.77. The number of benzene rings is 1. The van der Waals surface area contributed by atoms with Crippen molar-refractivity contribution in [3.8, 4) is 0 Å². The Hall–Kier alpha value is -1.07. The van der Waals surface area contributed by atoms with Crippen molar-refractivity contribution in [2.75, 3.05) is 13.2 Å². The quantitative estimate of drug-likeness (QED) is 0.822. The molecular formula is C12H14F3NO. The van der Waals surface area contributed by atoms with Gasteiger partial charge in [0.2, 0.25) is 0 Å². The van der Waals surface area contributed by atoms with E-state index in [0.717, 1.165) is 31.6 Å². The van der Waals surface area contributed by atoms with Crippen LogP contribution < -0.4 is 5.32 Å². The summed E-state index contributed by atoms with van der Waals surface area (Å²) in [6.07, 6.45) is 2.22. The van der Waals surface area contributed by atoms with Gasteiger partial charge in [-0.1, -0.05) is 0 Å². The van der Waals surface area contributed by atoms with E-state index >= 15 is 0 Å². The zero-order valence-corrected chi connectivity index (χ0v) is 9.31. The molecule has 1 aromatic rings. The third kappa shape index (κ3) is 3.20. The van der Waals surface area contributed by atoms with Crippen LogP contribution in [0, 0.1) is 17.5 Å². The van der Waals surface area contributed by atoms with Gasteiger partial charge in [0, 0.05) is 19.7 Å². The first kappa shape index (κ1) is 12.4. The Morgan fingerprint density at radius 1 is 1.24 bits per heavy atom. The van der Waals surface area contributed by atoms with Crippen LogP contribution in [0.15, 0.2) is 12.1 Å². The highest BCUT2D eigenvalue weighted by atomic mass is 19.2. The van der Waals surface area contributed by atoms with Crippen LogP contribution in [-0.4, -0.2) is 19.3 Å². The lowest BCUT2D eigenvalue weighted by Gasteiger charge is -2.10. The van der Waals surface area contributed by atoms with Gasteiger partial charge < -0.3 is 10.1 Å². The van der Waals surface area contributed by atoms with Crippen LogP contribution in [0.2, 0.25) is 0 Å². The Kier molecular flexibility index (Phi) is 4.02. The molecular weight excluding hydrogens is 231 g/mol. The van der Waals surface area contributed by atoms with Crippen LogP contribution in [0.4, 0.5) is 13.2 Å². The maximum absolute atomic E-state index is 12.9. The highest BCUT2D eigenvalue weighted by Crippen LogP contribution is 2.14. The summed E-state index contributed by atoms with van der Waals surface area (Å²) in [6, 6.07) is 2.00. The molecule has 1 atom stereocenters. The monoisotopic (exact) mass is 245 g/mol. The Morgan fingerprint density at radius 3 is 2.53 bits per heavy atom. The first-order valence-corrected chi connectivity index (χ1v) is 5.62. The van der Waals surface area contributed by atoms with Crippen molar-refractivity contribution in [3.05, 3.63) is 35.1 Å². The second-order valence-electron chi connectivity index (χ2n) is 4.14. The topological polar surface area (TPSA) is 21.3 Å². The lowest BCUT2D eigenvalue weighted by Crippen LogP contribution is -2.25. The molecule has 1 heterocycles. The van der Waals surface area contributed by atoms with Gasteiger partial charge in [0.1, 0.15) is 0 Å². The molecule has 1 fully saturated rings. The SMILES string of the molecule is Fc1cc(CNCC2CCCO2)cc(F)c1F. The number of nitrogens with one attached hydrogen (secondary N) is 1. The largest absolute Gasteiger partial charge is 0.377 e. The summed E-state index contributed by atoms with van der Waals surface area (Å²) >= 11 is 0. The summed E-state index contributed by atoms with van der Waals surface area (Å²) in [6.45, 7) is 1.71. The minimum absolute atomic E-state index is 0.171. The van der Waals surface area contributed by atoms with Crippen molar-refractivity contribution in [1.82, 2.24) is 5.32 Å². The van der Waals surface area contributed by atoms with Crippen molar-refractivity contribution in [1.29, 1.82) is 0 Å². The molecule has 2 rings (SSSR count). The van der Waals surface area contributed by atoms with Crippen LogP contribution in [0.1, 0.15) is 18.4 Å². The Bertz CT molecular complexity index is 368. The summed E-state index contributed by atoms with van der Waals surface area (Å²) in [4.78, 5) is 0. The maximum atomic E-state index is 12.9. The molecule has 1 aliphatic heterocycles. The van der Waals surface area contributed by atoms with E-state index in [-0.39, 0.29) is 6.10 Å². The second kappa shape index (κ2) is 5.51. The standard InChI is InChI=1S/C12H14F3NO/c13-10-4-8(5-11(14)12(10)15)6-16-7-9-2-1-3-17-9/h4-5,9,16H,1-3,6-7H2. The molecule has 0 spiro atoms. The van der Waals surface area contributed by atoms with Gasteiger partial charge in [0.15, 0.2) is 17.5 Å². The fraction of sp³-hybridized carbons (Fsp3) is 0.500. The highest BCUT2D eigenvalue weighted by molar-refractivity contribution is 5.19. The molecule has 0 amide bonds. The third-order valence-electron chi connectivity index (χ3n) is 2.77. The van der Waals surface area contributed by atoms with Crippen molar-refractivity contribution in [2.45, 2.75) is 25.5 Å². The average molecular weight is 245 g/mol. The molecule has 1 saturated heterocycles. The Morgan fingerprint density at radius 2 is 1.94 bits per heavy atom. The maximum Gasteiger partial charge on any atom is 0.194 e. The minimum Gasteiger partial charge on any atom is -0.377 e. The van der Waals surface area contributed by atoms with E-state index in [2.05, 4.69) is 5.32 Å². The summed E-state index contributed by atoms with van der Waals surface area (Å²) in [5.41, 5.74) is 0.388. The van der Waals surface area contributed by atoms with Gasteiger partial charge in [-0.2, -0.15) is 0 Å². The minimum atomic E-state index is -1.42. The number of rotatable bonds is 4. The van der Waals surface area contributed by atoms with E-state index in [9.17, 15) is 13.2 Å². The highest BCUT2D eigenvalue weighted by Gasteiger charge is 2.15. The van der Waals surface area contributed by atoms with E-state index in [1.165, 1.54) is 0 Å². The molecule has 1 aromatic carbocycles. The second-order valence-corrected chi connectivity index (χ2v) is 4.14. The molecule has 1 N–H and O–H groups in total. The molecule has 0 bridgehead atoms. The van der Waals surface area contributed by atoms with Crippen molar-refractivity contribution < 1.29 is 17.9 Å². The van der Waals surface area contributed by atoms with Crippen molar-refractivity contribution >= 4 is 0 Å². The van der Waals surface area contributed by atoms with Crippen molar-refractivity contribution in [3.63, 3.8) is 0 Å². The number of ether oxygens (including phenoxy) is 1. The number of hydrogen-bond donors (Lipinski definition) is 1. The lowest BCUT2D eigenvalue weighted by molar-refractivity contribution is 0.110. The molecule has 17 heavy (non-hydrogen) atoms. The zero-order valence-electron chi connectivity index (χ0n) is 9.31. The molecule has 94 valence electrons. The van der Waals surface area contributed by atoms with Crippen LogP contribution in [0.25, 0.3) is 0 Å². The van der Waals surface area contributed by atoms with Gasteiger partial charge in [-0.15, -0.1) is 0 Å². The predicted molar refractivity (Wildman–Crippen MR) is 57.0 cm³/mol. The summed E-state index contributed by atoms with van der Waals surface area (Å²) in [5, 5.41) is 3.04. The van der Waals surface area contributed by atoms with Crippen LogP contribution in [-0.2, 0) is 11.3 Å². The summed E-state index contributed by atoms with van der Waals surface area (Å²) in [5.74, 6) is -3.73. The normalized spacial score (nSPS) is 19.8. The lowest BCUT2D eigenvalue weighted by atomic mass is 10.2. The molecule has 0 aliphatic carbocycles. The fourth-order valence-corrected chi connectivity index (χ4v) is 1.89.